The third kappa shape index (κ3) is 6.23. The average Bonchev–Trinajstić information content (AvgIpc) is 3.49. The van der Waals surface area contributed by atoms with Crippen molar-refractivity contribution in [3.63, 3.8) is 0 Å². The molecule has 1 N–H and O–H groups in total. The van der Waals surface area contributed by atoms with Crippen LogP contribution in [0.3, 0.4) is 0 Å². The Balaban J connectivity index is 1.16. The standard InChI is InChI=1S/C32H33F4N5O2/c1-2-39-13-15-40(16-14-39)19-23-4-3-21(17-26(23)32(34,35)36)18-29(42)41-12-9-22-5-6-28(30(33)25(22)20-41)43-27-8-11-38-31-24(27)7-10-37-31/h3-8,10-11,17H,2,9,12-16,18-20H2,1H3,(H,37,38). The number of halogens is 4. The number of piperazine rings is 1. The molecule has 0 saturated carbocycles. The van der Waals surface area contributed by atoms with E-state index < -0.39 is 17.6 Å². The Kier molecular flexibility index (Phi) is 8.11. The molecule has 2 aromatic heterocycles. The number of nitrogens with one attached hydrogen (secondary N) is 1. The third-order valence-corrected chi connectivity index (χ3v) is 8.44. The predicted octanol–water partition coefficient (Wildman–Crippen LogP) is 5.78. The summed E-state index contributed by atoms with van der Waals surface area (Å²) in [4.78, 5) is 26.3. The summed E-state index contributed by atoms with van der Waals surface area (Å²) in [6.07, 6.45) is -1.02. The normalized spacial score (nSPS) is 16.4. The molecular formula is C32H33F4N5O2. The quantitative estimate of drug-likeness (QED) is 0.275. The summed E-state index contributed by atoms with van der Waals surface area (Å²) in [7, 11) is 0. The molecule has 6 rings (SSSR count). The Hall–Kier alpha value is -3.96. The van der Waals surface area contributed by atoms with Crippen LogP contribution >= 0.6 is 0 Å². The fourth-order valence-electron chi connectivity index (χ4n) is 5.93. The van der Waals surface area contributed by atoms with Crippen molar-refractivity contribution < 1.29 is 27.1 Å². The molecule has 1 fully saturated rings. The molecule has 4 aromatic rings. The van der Waals surface area contributed by atoms with Crippen LogP contribution in [0.2, 0.25) is 0 Å². The molecule has 1 amide bonds. The number of aromatic nitrogens is 2. The molecule has 226 valence electrons. The van der Waals surface area contributed by atoms with Crippen molar-refractivity contribution in [1.82, 2.24) is 24.7 Å². The van der Waals surface area contributed by atoms with Crippen molar-refractivity contribution in [1.29, 1.82) is 0 Å². The maximum atomic E-state index is 15.7. The lowest BCUT2D eigenvalue weighted by Gasteiger charge is -2.34. The van der Waals surface area contributed by atoms with E-state index in [9.17, 15) is 18.0 Å². The number of hydrogen-bond acceptors (Lipinski definition) is 5. The number of H-pyrrole nitrogens is 1. The largest absolute Gasteiger partial charge is 0.453 e. The fraction of sp³-hybridized carbons (Fsp3) is 0.375. The molecule has 2 aromatic carbocycles. The van der Waals surface area contributed by atoms with Crippen molar-refractivity contribution in [3.05, 3.63) is 88.5 Å². The minimum Gasteiger partial charge on any atom is -0.453 e. The van der Waals surface area contributed by atoms with Gasteiger partial charge in [-0.25, -0.2) is 9.37 Å². The summed E-state index contributed by atoms with van der Waals surface area (Å²) in [5.74, 6) is -0.431. The van der Waals surface area contributed by atoms with Crippen molar-refractivity contribution in [2.45, 2.75) is 39.0 Å². The number of alkyl halides is 3. The lowest BCUT2D eigenvalue weighted by molar-refractivity contribution is -0.138. The second-order valence-electron chi connectivity index (χ2n) is 11.1. The first-order chi connectivity index (χ1) is 20.7. The van der Waals surface area contributed by atoms with Gasteiger partial charge >= 0.3 is 6.18 Å². The van der Waals surface area contributed by atoms with Gasteiger partial charge in [-0.05, 0) is 53.9 Å². The zero-order chi connectivity index (χ0) is 30.1. The third-order valence-electron chi connectivity index (χ3n) is 8.44. The van der Waals surface area contributed by atoms with Gasteiger partial charge in [-0.2, -0.15) is 13.2 Å². The van der Waals surface area contributed by atoms with Crippen LogP contribution in [0.5, 0.6) is 11.5 Å². The number of fused-ring (bicyclic) bond motifs is 2. The zero-order valence-corrected chi connectivity index (χ0v) is 23.9. The van der Waals surface area contributed by atoms with Crippen molar-refractivity contribution >= 4 is 16.9 Å². The van der Waals surface area contributed by atoms with E-state index in [-0.39, 0.29) is 42.3 Å². The second kappa shape index (κ2) is 12.0. The molecule has 4 heterocycles. The van der Waals surface area contributed by atoms with Gasteiger partial charge in [-0.3, -0.25) is 9.69 Å². The van der Waals surface area contributed by atoms with Crippen LogP contribution in [0.15, 0.2) is 54.9 Å². The molecule has 0 spiro atoms. The van der Waals surface area contributed by atoms with E-state index in [2.05, 4.69) is 21.8 Å². The molecule has 43 heavy (non-hydrogen) atoms. The molecule has 0 unspecified atom stereocenters. The van der Waals surface area contributed by atoms with Crippen LogP contribution in [0.25, 0.3) is 11.0 Å². The summed E-state index contributed by atoms with van der Waals surface area (Å²) >= 11 is 0. The number of rotatable bonds is 7. The van der Waals surface area contributed by atoms with Gasteiger partial charge < -0.3 is 19.5 Å². The Morgan fingerprint density at radius 2 is 1.79 bits per heavy atom. The van der Waals surface area contributed by atoms with E-state index in [4.69, 9.17) is 4.74 Å². The second-order valence-corrected chi connectivity index (χ2v) is 11.1. The number of likely N-dealkylation sites (N-methyl/N-ethyl adjacent to an activating group) is 1. The molecule has 7 nitrogen and oxygen atoms in total. The first kappa shape index (κ1) is 29.1. The summed E-state index contributed by atoms with van der Waals surface area (Å²) in [5.41, 5.74) is 1.53. The van der Waals surface area contributed by atoms with E-state index in [1.807, 2.05) is 4.90 Å². The lowest BCUT2D eigenvalue weighted by Crippen LogP contribution is -2.45. The first-order valence-electron chi connectivity index (χ1n) is 14.5. The number of hydrogen-bond donors (Lipinski definition) is 1. The number of aromatic amines is 1. The van der Waals surface area contributed by atoms with Crippen LogP contribution in [0.1, 0.15) is 34.7 Å². The van der Waals surface area contributed by atoms with Crippen molar-refractivity contribution in [2.24, 2.45) is 0 Å². The van der Waals surface area contributed by atoms with Gasteiger partial charge in [0.15, 0.2) is 11.6 Å². The van der Waals surface area contributed by atoms with Gasteiger partial charge in [0.05, 0.1) is 17.4 Å². The van der Waals surface area contributed by atoms with Gasteiger partial charge in [0, 0.05) is 63.8 Å². The molecular weight excluding hydrogens is 562 g/mol. The summed E-state index contributed by atoms with van der Waals surface area (Å²) in [6, 6.07) is 11.0. The molecule has 0 bridgehead atoms. The van der Waals surface area contributed by atoms with Crippen LogP contribution in [0, 0.1) is 5.82 Å². The molecule has 2 aliphatic rings. The minimum absolute atomic E-state index is 0.0149. The topological polar surface area (TPSA) is 64.7 Å². The molecule has 11 heteroatoms. The van der Waals surface area contributed by atoms with Crippen LogP contribution in [-0.2, 0) is 36.9 Å². The van der Waals surface area contributed by atoms with Gasteiger partial charge in [0.1, 0.15) is 11.4 Å². The van der Waals surface area contributed by atoms with Gasteiger partial charge in [0.25, 0.3) is 0 Å². The summed E-state index contributed by atoms with van der Waals surface area (Å²) in [5, 5.41) is 0.708. The molecule has 0 radical (unpaired) electrons. The molecule has 0 atom stereocenters. The summed E-state index contributed by atoms with van der Waals surface area (Å²) < 4.78 is 63.8. The monoisotopic (exact) mass is 595 g/mol. The van der Waals surface area contributed by atoms with E-state index >= 15 is 4.39 Å². The van der Waals surface area contributed by atoms with Crippen LogP contribution in [-0.4, -0.2) is 69.8 Å². The highest BCUT2D eigenvalue weighted by Crippen LogP contribution is 2.36. The first-order valence-corrected chi connectivity index (χ1v) is 14.5. The Morgan fingerprint density at radius 1 is 1.00 bits per heavy atom. The zero-order valence-electron chi connectivity index (χ0n) is 23.9. The average molecular weight is 596 g/mol. The number of amides is 1. The molecule has 2 aliphatic heterocycles. The highest BCUT2D eigenvalue weighted by Gasteiger charge is 2.35. The highest BCUT2D eigenvalue weighted by molar-refractivity contribution is 5.82. The minimum atomic E-state index is -4.54. The number of benzene rings is 2. The van der Waals surface area contributed by atoms with E-state index in [1.54, 1.807) is 42.7 Å². The van der Waals surface area contributed by atoms with Crippen molar-refractivity contribution in [3.8, 4) is 11.5 Å². The van der Waals surface area contributed by atoms with Crippen LogP contribution < -0.4 is 4.74 Å². The van der Waals surface area contributed by atoms with E-state index in [1.165, 1.54) is 11.0 Å². The summed E-state index contributed by atoms with van der Waals surface area (Å²) in [6.45, 7) is 6.67. The van der Waals surface area contributed by atoms with Crippen molar-refractivity contribution in [2.75, 3.05) is 39.3 Å². The molecule has 0 aliphatic carbocycles. The number of nitrogens with zero attached hydrogens (tertiary/aromatic N) is 4. The SMILES string of the molecule is CCN1CCN(Cc2ccc(CC(=O)N3CCc4ccc(Oc5ccnc6[nH]ccc56)c(F)c4C3)cc2C(F)(F)F)CC1. The number of pyridine rings is 1. The fourth-order valence-corrected chi connectivity index (χ4v) is 5.93. The Bertz CT molecular complexity index is 1630. The lowest BCUT2D eigenvalue weighted by atomic mass is 9.97. The van der Waals surface area contributed by atoms with Crippen LogP contribution in [0.4, 0.5) is 17.6 Å². The number of carbonyl (C=O) groups is 1. The Labute approximate surface area is 247 Å². The van der Waals surface area contributed by atoms with Gasteiger partial charge in [0.2, 0.25) is 5.91 Å². The predicted molar refractivity (Wildman–Crippen MR) is 154 cm³/mol. The van der Waals surface area contributed by atoms with Gasteiger partial charge in [-0.1, -0.05) is 25.1 Å². The van der Waals surface area contributed by atoms with Gasteiger partial charge in [-0.15, -0.1) is 0 Å². The Morgan fingerprint density at radius 3 is 2.56 bits per heavy atom. The van der Waals surface area contributed by atoms with E-state index in [0.717, 1.165) is 31.3 Å². The number of carbonyl (C=O) groups excluding carboxylic acids is 1. The molecule has 1 saturated heterocycles. The van der Waals surface area contributed by atoms with E-state index in [0.29, 0.717) is 48.4 Å². The smallest absolute Gasteiger partial charge is 0.416 e. The number of ether oxygens (including phenoxy) is 1. The maximum Gasteiger partial charge on any atom is 0.416 e. The highest BCUT2D eigenvalue weighted by atomic mass is 19.4. The maximum absolute atomic E-state index is 15.7.